The van der Waals surface area contributed by atoms with Gasteiger partial charge in [-0.2, -0.15) is 0 Å². The highest BCUT2D eigenvalue weighted by Crippen LogP contribution is 2.50. The molecule has 0 saturated heterocycles. The maximum absolute atomic E-state index is 13.1. The molecular formula is C21H25N3O2. The molecule has 1 aliphatic carbocycles. The van der Waals surface area contributed by atoms with Gasteiger partial charge < -0.3 is 14.7 Å². The first kappa shape index (κ1) is 16.9. The van der Waals surface area contributed by atoms with Crippen LogP contribution in [0.2, 0.25) is 0 Å². The zero-order chi connectivity index (χ0) is 18.6. The molecular weight excluding hydrogens is 326 g/mol. The van der Waals surface area contributed by atoms with Crippen LogP contribution in [0, 0.1) is 18.3 Å². The second kappa shape index (κ2) is 5.73. The summed E-state index contributed by atoms with van der Waals surface area (Å²) < 4.78 is 5.53. The summed E-state index contributed by atoms with van der Waals surface area (Å²) in [6, 6.07) is 8.43. The highest BCUT2D eigenvalue weighted by Gasteiger charge is 2.45. The number of aromatic nitrogens is 1. The summed E-state index contributed by atoms with van der Waals surface area (Å²) in [5.41, 5.74) is 4.88. The highest BCUT2D eigenvalue weighted by atomic mass is 16.5. The number of rotatable bonds is 2. The quantitative estimate of drug-likeness (QED) is 0.882. The topological polar surface area (TPSA) is 58.4 Å². The number of anilines is 2. The largest absolute Gasteiger partial charge is 0.378 e. The maximum Gasteiger partial charge on any atom is 0.232 e. The minimum Gasteiger partial charge on any atom is -0.378 e. The molecule has 0 amide bonds. The average Bonchev–Trinajstić information content (AvgIpc) is 2.93. The van der Waals surface area contributed by atoms with Gasteiger partial charge in [-0.15, -0.1) is 0 Å². The van der Waals surface area contributed by atoms with Gasteiger partial charge in [0.1, 0.15) is 5.78 Å². The number of carbonyl (C=O) groups is 1. The lowest BCUT2D eigenvalue weighted by Crippen LogP contribution is -2.38. The first-order valence-electron chi connectivity index (χ1n) is 9.03. The third kappa shape index (κ3) is 2.62. The van der Waals surface area contributed by atoms with E-state index in [2.05, 4.69) is 59.6 Å². The molecule has 2 atom stereocenters. The number of ketones is 1. The number of carbonyl (C=O) groups excluding carboxylic acids is 1. The van der Waals surface area contributed by atoms with E-state index in [4.69, 9.17) is 4.52 Å². The van der Waals surface area contributed by atoms with Crippen LogP contribution in [-0.2, 0) is 4.79 Å². The van der Waals surface area contributed by atoms with Crippen molar-refractivity contribution in [2.24, 2.45) is 11.3 Å². The van der Waals surface area contributed by atoms with Gasteiger partial charge >= 0.3 is 0 Å². The van der Waals surface area contributed by atoms with Gasteiger partial charge in [0.25, 0.3) is 0 Å². The number of hydrogen-bond donors (Lipinski definition) is 1. The first-order valence-corrected chi connectivity index (χ1v) is 9.03. The van der Waals surface area contributed by atoms with Gasteiger partial charge in [0.05, 0.1) is 11.6 Å². The van der Waals surface area contributed by atoms with Crippen molar-refractivity contribution in [3.8, 4) is 0 Å². The van der Waals surface area contributed by atoms with Crippen LogP contribution in [0.25, 0.3) is 0 Å². The van der Waals surface area contributed by atoms with Gasteiger partial charge in [-0.1, -0.05) is 37.2 Å². The second-order valence-corrected chi connectivity index (χ2v) is 8.31. The van der Waals surface area contributed by atoms with Gasteiger partial charge in [0.2, 0.25) is 5.88 Å². The standard InChI is InChI=1S/C21H25N3O2/c1-12-17-18(13-6-8-14(9-7-13)24(4)5)19-15(22-20(17)26-23-12)10-21(2,3)11-16(19)25/h6-10,18-19,22H,11H2,1-5H3/t18-,19+/m1/s1. The van der Waals surface area contributed by atoms with Crippen LogP contribution < -0.4 is 10.2 Å². The summed E-state index contributed by atoms with van der Waals surface area (Å²) in [5.74, 6) is 0.660. The predicted molar refractivity (Wildman–Crippen MR) is 102 cm³/mol. The average molecular weight is 351 g/mol. The van der Waals surface area contributed by atoms with Crippen molar-refractivity contribution in [3.05, 3.63) is 52.9 Å². The van der Waals surface area contributed by atoms with E-state index in [1.807, 2.05) is 21.0 Å². The Bertz CT molecular complexity index is 890. The minimum atomic E-state index is -0.209. The van der Waals surface area contributed by atoms with Crippen molar-refractivity contribution >= 4 is 17.4 Å². The normalized spacial score (nSPS) is 23.6. The summed E-state index contributed by atoms with van der Waals surface area (Å²) in [6.07, 6.45) is 2.73. The van der Waals surface area contributed by atoms with Crippen LogP contribution in [0.5, 0.6) is 0 Å². The number of aryl methyl sites for hydroxylation is 1. The molecule has 4 rings (SSSR count). The lowest BCUT2D eigenvalue weighted by atomic mass is 9.67. The van der Waals surface area contributed by atoms with E-state index in [0.29, 0.717) is 12.3 Å². The van der Waals surface area contributed by atoms with Crippen LogP contribution in [0.1, 0.15) is 43.0 Å². The van der Waals surface area contributed by atoms with Gasteiger partial charge in [-0.3, -0.25) is 4.79 Å². The SMILES string of the molecule is Cc1noc2c1[C@@H](c1ccc(N(C)C)cc1)[C@@H]1C(=O)CC(C)(C)C=C1N2. The van der Waals surface area contributed by atoms with Crippen LogP contribution in [0.4, 0.5) is 11.6 Å². The Hall–Kier alpha value is -2.56. The molecule has 136 valence electrons. The fraction of sp³-hybridized carbons (Fsp3) is 0.429. The van der Waals surface area contributed by atoms with Crippen LogP contribution >= 0.6 is 0 Å². The summed E-state index contributed by atoms with van der Waals surface area (Å²) in [5, 5.41) is 7.49. The van der Waals surface area contributed by atoms with E-state index in [0.717, 1.165) is 28.2 Å². The lowest BCUT2D eigenvalue weighted by molar-refractivity contribution is -0.124. The number of nitrogens with zero attached hydrogens (tertiary/aromatic N) is 2. The molecule has 0 saturated carbocycles. The third-order valence-electron chi connectivity index (χ3n) is 5.44. The summed E-state index contributed by atoms with van der Waals surface area (Å²) in [4.78, 5) is 15.2. The molecule has 2 aliphatic rings. The lowest BCUT2D eigenvalue weighted by Gasteiger charge is -2.39. The molecule has 26 heavy (non-hydrogen) atoms. The first-order chi connectivity index (χ1) is 12.3. The summed E-state index contributed by atoms with van der Waals surface area (Å²) in [6.45, 7) is 6.13. The Balaban J connectivity index is 1.87. The van der Waals surface area contributed by atoms with Gasteiger partial charge in [0.15, 0.2) is 0 Å². The Morgan fingerprint density at radius 1 is 1.19 bits per heavy atom. The van der Waals surface area contributed by atoms with Crippen molar-refractivity contribution in [3.63, 3.8) is 0 Å². The predicted octanol–water partition coefficient (Wildman–Crippen LogP) is 4.11. The molecule has 2 heterocycles. The van der Waals surface area contributed by atoms with Gasteiger partial charge in [-0.05, 0) is 30.0 Å². The Morgan fingerprint density at radius 3 is 2.54 bits per heavy atom. The monoisotopic (exact) mass is 351 g/mol. The van der Waals surface area contributed by atoms with E-state index in [9.17, 15) is 4.79 Å². The number of fused-ring (bicyclic) bond motifs is 2. The Kier molecular flexibility index (Phi) is 3.72. The fourth-order valence-electron chi connectivity index (χ4n) is 4.24. The molecule has 5 heteroatoms. The van der Waals surface area contributed by atoms with Crippen LogP contribution in [0.3, 0.4) is 0 Å². The Labute approximate surface area is 154 Å². The molecule has 0 bridgehead atoms. The molecule has 1 N–H and O–H groups in total. The van der Waals surface area contributed by atoms with Crippen molar-refractivity contribution in [1.29, 1.82) is 0 Å². The summed E-state index contributed by atoms with van der Waals surface area (Å²) >= 11 is 0. The molecule has 0 fully saturated rings. The van der Waals surface area contributed by atoms with Gasteiger partial charge in [0, 0.05) is 43.4 Å². The van der Waals surface area contributed by atoms with E-state index in [1.54, 1.807) is 0 Å². The summed E-state index contributed by atoms with van der Waals surface area (Å²) in [7, 11) is 4.05. The number of nitrogens with one attached hydrogen (secondary N) is 1. The molecule has 0 spiro atoms. The highest BCUT2D eigenvalue weighted by molar-refractivity contribution is 5.90. The fourth-order valence-corrected chi connectivity index (χ4v) is 4.24. The number of Topliss-reactive ketones (excluding diaryl/α,β-unsaturated/α-hetero) is 1. The smallest absolute Gasteiger partial charge is 0.232 e. The number of hydrogen-bond acceptors (Lipinski definition) is 5. The number of allylic oxidation sites excluding steroid dienone is 2. The third-order valence-corrected chi connectivity index (χ3v) is 5.44. The molecule has 1 aromatic carbocycles. The van der Waals surface area contributed by atoms with Crippen molar-refractivity contribution < 1.29 is 9.32 Å². The van der Waals surface area contributed by atoms with Crippen LogP contribution in [-0.4, -0.2) is 25.0 Å². The van der Waals surface area contributed by atoms with E-state index in [1.165, 1.54) is 0 Å². The van der Waals surface area contributed by atoms with Crippen LogP contribution in [0.15, 0.2) is 40.6 Å². The number of benzene rings is 1. The van der Waals surface area contributed by atoms with E-state index >= 15 is 0 Å². The van der Waals surface area contributed by atoms with Gasteiger partial charge in [-0.25, -0.2) is 0 Å². The minimum absolute atomic E-state index is 0.0661. The maximum atomic E-state index is 13.1. The molecule has 0 unspecified atom stereocenters. The van der Waals surface area contributed by atoms with Crippen molar-refractivity contribution in [2.45, 2.75) is 33.1 Å². The molecule has 2 aromatic rings. The van der Waals surface area contributed by atoms with Crippen molar-refractivity contribution in [1.82, 2.24) is 5.16 Å². The molecule has 1 aliphatic heterocycles. The van der Waals surface area contributed by atoms with E-state index < -0.39 is 0 Å². The molecule has 0 radical (unpaired) electrons. The second-order valence-electron chi connectivity index (χ2n) is 8.31. The zero-order valence-corrected chi connectivity index (χ0v) is 16.0. The molecule has 5 nitrogen and oxygen atoms in total. The van der Waals surface area contributed by atoms with Crippen molar-refractivity contribution in [2.75, 3.05) is 24.3 Å². The Morgan fingerprint density at radius 2 is 1.88 bits per heavy atom. The molecule has 1 aromatic heterocycles. The zero-order valence-electron chi connectivity index (χ0n) is 16.0. The van der Waals surface area contributed by atoms with E-state index in [-0.39, 0.29) is 23.0 Å².